The van der Waals surface area contributed by atoms with E-state index in [0.29, 0.717) is 39.5 Å². The van der Waals surface area contributed by atoms with E-state index >= 15 is 4.39 Å². The van der Waals surface area contributed by atoms with Crippen molar-refractivity contribution in [1.29, 1.82) is 0 Å². The fraction of sp³-hybridized carbons (Fsp3) is 0.333. The molecule has 1 aliphatic heterocycles. The van der Waals surface area contributed by atoms with Crippen molar-refractivity contribution < 1.29 is 44.7 Å². The number of nitrogens with zero attached hydrogens (tertiary/aromatic N) is 3. The largest absolute Gasteiger partial charge is 0.464 e. The van der Waals surface area contributed by atoms with E-state index in [4.69, 9.17) is 4.42 Å². The quantitative estimate of drug-likeness (QED) is 0.191. The van der Waals surface area contributed by atoms with Crippen molar-refractivity contribution in [3.8, 4) is 11.3 Å². The molecule has 0 bridgehead atoms. The fourth-order valence-corrected chi connectivity index (χ4v) is 8.92. The summed E-state index contributed by atoms with van der Waals surface area (Å²) in [6.07, 6.45) is 0.0564. The monoisotopic (exact) mass is 756 g/mol. The lowest BCUT2D eigenvalue weighted by Crippen LogP contribution is -2.40. The molecular weight excluding hydrogens is 719 g/mol. The summed E-state index contributed by atoms with van der Waals surface area (Å²) in [5, 5.41) is 12.5. The minimum atomic E-state index is -4.57. The molecule has 1 aliphatic rings. The number of sulfonamides is 2. The van der Waals surface area contributed by atoms with E-state index in [1.165, 1.54) is 50.5 Å². The van der Waals surface area contributed by atoms with Crippen molar-refractivity contribution in [2.45, 2.75) is 50.0 Å². The molecule has 1 atom stereocenters. The van der Waals surface area contributed by atoms with Crippen molar-refractivity contribution in [2.75, 3.05) is 37.7 Å². The van der Waals surface area contributed by atoms with Crippen LogP contribution < -0.4 is 9.62 Å². The van der Waals surface area contributed by atoms with Gasteiger partial charge in [-0.15, -0.1) is 0 Å². The number of carboxylic acid groups (broad SMARTS) is 1. The Labute approximate surface area is 299 Å². The second-order valence-electron chi connectivity index (χ2n) is 14.0. The molecule has 1 fully saturated rings. The first kappa shape index (κ1) is 37.0. The zero-order chi connectivity index (χ0) is 38.1. The fourth-order valence-electron chi connectivity index (χ4n) is 6.72. The van der Waals surface area contributed by atoms with Crippen LogP contribution in [0.4, 0.5) is 19.3 Å². The van der Waals surface area contributed by atoms with E-state index in [9.17, 15) is 35.9 Å². The van der Waals surface area contributed by atoms with E-state index in [1.807, 2.05) is 20.8 Å². The molecule has 2 aromatic heterocycles. The van der Waals surface area contributed by atoms with Crippen LogP contribution in [0, 0.1) is 11.6 Å². The maximum atomic E-state index is 15.5. The van der Waals surface area contributed by atoms with Gasteiger partial charge >= 0.3 is 6.09 Å². The van der Waals surface area contributed by atoms with Crippen molar-refractivity contribution in [2.24, 2.45) is 0 Å². The third kappa shape index (κ3) is 6.43. The highest BCUT2D eigenvalue weighted by atomic mass is 32.2. The Bertz CT molecular complexity index is 2490. The van der Waals surface area contributed by atoms with Gasteiger partial charge in [-0.3, -0.25) is 9.10 Å². The van der Waals surface area contributed by atoms with Gasteiger partial charge in [-0.1, -0.05) is 20.8 Å². The van der Waals surface area contributed by atoms with Crippen molar-refractivity contribution in [3.05, 3.63) is 82.9 Å². The normalized spacial score (nSPS) is 16.0. The zero-order valence-electron chi connectivity index (χ0n) is 29.3. The lowest BCUT2D eigenvalue weighted by molar-refractivity contribution is 0.0964. The van der Waals surface area contributed by atoms with E-state index in [0.717, 1.165) is 20.9 Å². The van der Waals surface area contributed by atoms with Gasteiger partial charge in [0.1, 0.15) is 23.0 Å². The summed E-state index contributed by atoms with van der Waals surface area (Å²) in [5.74, 6) is -2.42. The number of hydrogen-bond donors (Lipinski definition) is 2. The van der Waals surface area contributed by atoms with Crippen LogP contribution in [0.2, 0.25) is 0 Å². The molecule has 0 aliphatic carbocycles. The predicted molar refractivity (Wildman–Crippen MR) is 193 cm³/mol. The summed E-state index contributed by atoms with van der Waals surface area (Å²) >= 11 is 0. The molecular formula is C36H38F2N4O8S2. The van der Waals surface area contributed by atoms with Gasteiger partial charge in [0.05, 0.1) is 23.0 Å². The van der Waals surface area contributed by atoms with Gasteiger partial charge in [0.15, 0.2) is 5.03 Å². The number of furan rings is 1. The highest BCUT2D eigenvalue weighted by Crippen LogP contribution is 2.43. The summed E-state index contributed by atoms with van der Waals surface area (Å²) in [6.45, 7) is 5.38. The van der Waals surface area contributed by atoms with Crippen LogP contribution in [0.15, 0.2) is 64.0 Å². The molecule has 276 valence electrons. The van der Waals surface area contributed by atoms with Gasteiger partial charge in [-0.2, -0.15) is 4.31 Å². The van der Waals surface area contributed by atoms with Crippen LogP contribution in [0.25, 0.3) is 33.2 Å². The van der Waals surface area contributed by atoms with Gasteiger partial charge in [-0.05, 0) is 83.8 Å². The van der Waals surface area contributed by atoms with Crippen LogP contribution in [0.3, 0.4) is 0 Å². The number of benzene rings is 3. The summed E-state index contributed by atoms with van der Waals surface area (Å²) in [7, 11) is -5.66. The van der Waals surface area contributed by atoms with Crippen LogP contribution in [-0.4, -0.2) is 76.3 Å². The first-order chi connectivity index (χ1) is 24.2. The summed E-state index contributed by atoms with van der Waals surface area (Å²) in [5.41, 5.74) is 0.911. The topological polar surface area (TPSA) is 159 Å². The molecule has 1 unspecified atom stereocenters. The number of aromatic nitrogens is 1. The van der Waals surface area contributed by atoms with Gasteiger partial charge in [0.25, 0.3) is 15.9 Å². The molecule has 1 amide bonds. The van der Waals surface area contributed by atoms with Crippen LogP contribution >= 0.6 is 0 Å². The van der Waals surface area contributed by atoms with E-state index in [1.54, 1.807) is 12.1 Å². The van der Waals surface area contributed by atoms with Gasteiger partial charge in [0, 0.05) is 49.6 Å². The number of carbonyl (C=O) groups is 2. The maximum Gasteiger partial charge on any atom is 0.417 e. The average molecular weight is 757 g/mol. The third-order valence-electron chi connectivity index (χ3n) is 9.54. The van der Waals surface area contributed by atoms with E-state index < -0.39 is 60.0 Å². The second-order valence-corrected chi connectivity index (χ2v) is 17.9. The number of hydrogen-bond acceptors (Lipinski definition) is 7. The summed E-state index contributed by atoms with van der Waals surface area (Å²) < 4.78 is 92.5. The molecule has 1 saturated heterocycles. The Hall–Kier alpha value is -4.80. The molecule has 6 rings (SSSR count). The number of amides is 1. The van der Waals surface area contributed by atoms with Crippen molar-refractivity contribution in [3.63, 3.8) is 0 Å². The Morgan fingerprint density at radius 3 is 2.29 bits per heavy atom. The minimum absolute atomic E-state index is 0.0130. The molecule has 3 heterocycles. The zero-order valence-corrected chi connectivity index (χ0v) is 31.0. The minimum Gasteiger partial charge on any atom is -0.464 e. The number of halogens is 2. The summed E-state index contributed by atoms with van der Waals surface area (Å²) in [4.78, 5) is 25.8. The summed E-state index contributed by atoms with van der Waals surface area (Å²) in [6, 6.07) is 12.3. The van der Waals surface area contributed by atoms with Crippen LogP contribution in [-0.2, 0) is 25.5 Å². The number of piperidine rings is 1. The number of carbonyl (C=O) groups excluding carboxylic acids is 1. The SMILES string of the molecule is CNC(=O)c1c(-c2ccc(F)cc2)oc2cc(N(C)S(C)(=O)=O)c(C3CCCN(S(=O)(=O)c4cc5cc(C(C)(C)C)cc(F)c5n4C(=O)O)C3)cc12. The Morgan fingerprint density at radius 1 is 1.02 bits per heavy atom. The Morgan fingerprint density at radius 2 is 1.69 bits per heavy atom. The lowest BCUT2D eigenvalue weighted by atomic mass is 9.86. The standard InChI is InChI=1S/C36H38F2N4O8S2/c1-36(2,3)23-14-22-15-30(42(35(44)45)32(22)27(38)16-23)52(48,49)41-13-7-8-21(19-41)25-17-26-29(18-28(25)40(5)51(6,46)47)50-33(31(26)34(43)39-4)20-9-11-24(37)12-10-20/h9-12,14-18,21H,7-8,13,19H2,1-6H3,(H,39,43)(H,44,45). The highest BCUT2D eigenvalue weighted by Gasteiger charge is 2.37. The lowest BCUT2D eigenvalue weighted by Gasteiger charge is -2.34. The predicted octanol–water partition coefficient (Wildman–Crippen LogP) is 6.48. The molecule has 12 nitrogen and oxygen atoms in total. The van der Waals surface area contributed by atoms with Crippen molar-refractivity contribution in [1.82, 2.24) is 14.2 Å². The van der Waals surface area contributed by atoms with Crippen LogP contribution in [0.5, 0.6) is 0 Å². The van der Waals surface area contributed by atoms with Gasteiger partial charge in [0.2, 0.25) is 10.0 Å². The number of rotatable bonds is 7. The number of nitrogens with one attached hydrogen (secondary N) is 1. The van der Waals surface area contributed by atoms with E-state index in [2.05, 4.69) is 5.32 Å². The highest BCUT2D eigenvalue weighted by molar-refractivity contribution is 7.92. The molecule has 2 N–H and O–H groups in total. The third-order valence-corrected chi connectivity index (χ3v) is 12.6. The van der Waals surface area contributed by atoms with Crippen LogP contribution in [0.1, 0.15) is 61.0 Å². The number of anilines is 1. The first-order valence-corrected chi connectivity index (χ1v) is 19.6. The maximum absolute atomic E-state index is 15.5. The van der Waals surface area contributed by atoms with E-state index in [-0.39, 0.29) is 46.6 Å². The smallest absolute Gasteiger partial charge is 0.417 e. The molecule has 0 saturated carbocycles. The number of fused-ring (bicyclic) bond motifs is 2. The average Bonchev–Trinajstić information content (AvgIpc) is 3.66. The van der Waals surface area contributed by atoms with Crippen molar-refractivity contribution >= 4 is 59.6 Å². The molecule has 0 radical (unpaired) electrons. The first-order valence-electron chi connectivity index (χ1n) is 16.3. The second kappa shape index (κ2) is 13.0. The molecule has 16 heteroatoms. The van der Waals surface area contributed by atoms with Gasteiger partial charge in [-0.25, -0.2) is 35.0 Å². The molecule has 3 aromatic carbocycles. The molecule has 0 spiro atoms. The molecule has 52 heavy (non-hydrogen) atoms. The molecule has 5 aromatic rings. The Balaban J connectivity index is 1.50. The Kier molecular flexibility index (Phi) is 9.25. The van der Waals surface area contributed by atoms with Gasteiger partial charge < -0.3 is 14.8 Å².